The Morgan fingerprint density at radius 3 is 2.50 bits per heavy atom. The van der Waals surface area contributed by atoms with Gasteiger partial charge in [0, 0.05) is 6.04 Å². The number of hydrogen-bond donors (Lipinski definition) is 0. The molecule has 0 saturated heterocycles. The van der Waals surface area contributed by atoms with Crippen molar-refractivity contribution in [1.29, 1.82) is 0 Å². The van der Waals surface area contributed by atoms with Crippen LogP contribution in [0, 0.1) is 0 Å². The SMILES string of the molecule is CCC(C)(C(=O)c1c(Cl)cnn1C(C)C)N(C)C. The molecule has 1 aromatic heterocycles. The van der Waals surface area contributed by atoms with Crippen LogP contribution in [0.15, 0.2) is 6.20 Å². The summed E-state index contributed by atoms with van der Waals surface area (Å²) in [7, 11) is 3.82. The van der Waals surface area contributed by atoms with Gasteiger partial charge in [-0.2, -0.15) is 5.10 Å². The topological polar surface area (TPSA) is 38.1 Å². The van der Waals surface area contributed by atoms with Crippen LogP contribution >= 0.6 is 11.6 Å². The molecule has 1 unspecified atom stereocenters. The highest BCUT2D eigenvalue weighted by molar-refractivity contribution is 6.34. The van der Waals surface area contributed by atoms with Crippen LogP contribution in [-0.2, 0) is 0 Å². The summed E-state index contributed by atoms with van der Waals surface area (Å²) in [5.41, 5.74) is -0.0548. The van der Waals surface area contributed by atoms with Crippen LogP contribution in [0.25, 0.3) is 0 Å². The zero-order valence-corrected chi connectivity index (χ0v) is 12.7. The van der Waals surface area contributed by atoms with Gasteiger partial charge >= 0.3 is 0 Å². The fraction of sp³-hybridized carbons (Fsp3) is 0.692. The molecule has 0 aromatic carbocycles. The number of carbonyl (C=O) groups is 1. The minimum absolute atomic E-state index is 0.0196. The Morgan fingerprint density at radius 2 is 2.11 bits per heavy atom. The smallest absolute Gasteiger partial charge is 0.202 e. The number of hydrogen-bond acceptors (Lipinski definition) is 3. The van der Waals surface area contributed by atoms with Crippen molar-refractivity contribution in [2.24, 2.45) is 0 Å². The lowest BCUT2D eigenvalue weighted by atomic mass is 9.89. The Balaban J connectivity index is 3.30. The molecule has 1 heterocycles. The van der Waals surface area contributed by atoms with Crippen LogP contribution < -0.4 is 0 Å². The maximum atomic E-state index is 12.8. The third kappa shape index (κ3) is 2.45. The monoisotopic (exact) mass is 271 g/mol. The van der Waals surface area contributed by atoms with Crippen LogP contribution in [-0.4, -0.2) is 40.1 Å². The van der Waals surface area contributed by atoms with Gasteiger partial charge in [-0.1, -0.05) is 18.5 Å². The van der Waals surface area contributed by atoms with E-state index in [1.165, 1.54) is 0 Å². The molecule has 4 nitrogen and oxygen atoms in total. The first-order valence-electron chi connectivity index (χ1n) is 6.21. The van der Waals surface area contributed by atoms with E-state index in [0.29, 0.717) is 10.7 Å². The van der Waals surface area contributed by atoms with Crippen LogP contribution in [0.1, 0.15) is 50.6 Å². The summed E-state index contributed by atoms with van der Waals surface area (Å²) in [6.45, 7) is 7.91. The largest absolute Gasteiger partial charge is 0.297 e. The first-order chi connectivity index (χ1) is 8.25. The average Bonchev–Trinajstić information content (AvgIpc) is 2.68. The van der Waals surface area contributed by atoms with Gasteiger partial charge < -0.3 is 0 Å². The van der Waals surface area contributed by atoms with Crippen molar-refractivity contribution in [2.75, 3.05) is 14.1 Å². The second-order valence-electron chi connectivity index (χ2n) is 5.23. The average molecular weight is 272 g/mol. The molecule has 0 amide bonds. The van der Waals surface area contributed by atoms with Crippen LogP contribution in [0.4, 0.5) is 0 Å². The van der Waals surface area contributed by atoms with Gasteiger partial charge in [-0.15, -0.1) is 0 Å². The van der Waals surface area contributed by atoms with Gasteiger partial charge in [0.25, 0.3) is 0 Å². The molecule has 0 saturated carbocycles. The molecule has 0 N–H and O–H groups in total. The highest BCUT2D eigenvalue weighted by Crippen LogP contribution is 2.28. The van der Waals surface area contributed by atoms with E-state index in [4.69, 9.17) is 11.6 Å². The molecule has 1 rings (SSSR count). The lowest BCUT2D eigenvalue weighted by Gasteiger charge is -2.34. The third-order valence-electron chi connectivity index (χ3n) is 3.62. The first-order valence-corrected chi connectivity index (χ1v) is 6.58. The number of carbonyl (C=O) groups excluding carboxylic acids is 1. The van der Waals surface area contributed by atoms with Crippen molar-refractivity contribution in [3.63, 3.8) is 0 Å². The first kappa shape index (κ1) is 15.2. The molecule has 18 heavy (non-hydrogen) atoms. The van der Waals surface area contributed by atoms with Gasteiger partial charge in [0.15, 0.2) is 0 Å². The van der Waals surface area contributed by atoms with Crippen LogP contribution in [0.2, 0.25) is 5.02 Å². The molecule has 0 bridgehead atoms. The molecule has 1 atom stereocenters. The van der Waals surface area contributed by atoms with E-state index in [2.05, 4.69) is 5.10 Å². The standard InChI is InChI=1S/C13H22ClN3O/c1-7-13(4,16(5)6)12(18)11-10(14)8-15-17(11)9(2)3/h8-9H,7H2,1-6H3. The van der Waals surface area contributed by atoms with Gasteiger partial charge in [-0.3, -0.25) is 14.4 Å². The zero-order valence-electron chi connectivity index (χ0n) is 12.0. The van der Waals surface area contributed by atoms with E-state index in [1.54, 1.807) is 10.9 Å². The molecule has 5 heteroatoms. The Kier molecular flexibility index (Phi) is 4.56. The lowest BCUT2D eigenvalue weighted by Crippen LogP contribution is -2.48. The van der Waals surface area contributed by atoms with Crippen molar-refractivity contribution >= 4 is 17.4 Å². The number of aromatic nitrogens is 2. The number of halogens is 1. The van der Waals surface area contributed by atoms with E-state index in [9.17, 15) is 4.79 Å². The number of nitrogens with zero attached hydrogens (tertiary/aromatic N) is 3. The Morgan fingerprint density at radius 1 is 1.56 bits per heavy atom. The van der Waals surface area contributed by atoms with E-state index < -0.39 is 5.54 Å². The predicted octanol–water partition coefficient (Wildman–Crippen LogP) is 3.03. The van der Waals surface area contributed by atoms with Crippen molar-refractivity contribution in [3.8, 4) is 0 Å². The number of rotatable bonds is 5. The molecular weight excluding hydrogens is 250 g/mol. The summed E-state index contributed by atoms with van der Waals surface area (Å²) in [6.07, 6.45) is 2.26. The highest BCUT2D eigenvalue weighted by Gasteiger charge is 2.37. The third-order valence-corrected chi connectivity index (χ3v) is 3.90. The molecule has 102 valence electrons. The second-order valence-corrected chi connectivity index (χ2v) is 5.64. The van der Waals surface area contributed by atoms with Gasteiger partial charge in [0.2, 0.25) is 5.78 Å². The maximum absolute atomic E-state index is 12.8. The molecule has 0 spiro atoms. The Bertz CT molecular complexity index is 439. The van der Waals surface area contributed by atoms with Gasteiger partial charge in [0.1, 0.15) is 5.69 Å². The predicted molar refractivity (Wildman–Crippen MR) is 74.3 cm³/mol. The molecule has 0 aliphatic rings. The van der Waals surface area contributed by atoms with Crippen LogP contribution in [0.3, 0.4) is 0 Å². The van der Waals surface area contributed by atoms with E-state index in [0.717, 1.165) is 6.42 Å². The fourth-order valence-corrected chi connectivity index (χ4v) is 2.10. The van der Waals surface area contributed by atoms with Gasteiger partial charge in [0.05, 0.1) is 16.8 Å². The summed E-state index contributed by atoms with van der Waals surface area (Å²) in [5, 5.41) is 4.61. The summed E-state index contributed by atoms with van der Waals surface area (Å²) in [6, 6.07) is 0.111. The van der Waals surface area contributed by atoms with Crippen molar-refractivity contribution < 1.29 is 4.79 Å². The molecule has 0 aliphatic carbocycles. The van der Waals surface area contributed by atoms with Crippen molar-refractivity contribution in [1.82, 2.24) is 14.7 Å². The second kappa shape index (κ2) is 5.41. The summed E-state index contributed by atoms with van der Waals surface area (Å²) >= 11 is 6.13. The maximum Gasteiger partial charge on any atom is 0.202 e. The summed E-state index contributed by atoms with van der Waals surface area (Å²) in [5.74, 6) is 0.0196. The molecule has 0 aliphatic heterocycles. The lowest BCUT2D eigenvalue weighted by molar-refractivity contribution is 0.0697. The minimum Gasteiger partial charge on any atom is -0.297 e. The number of likely N-dealkylation sites (N-methyl/N-ethyl adjacent to an activating group) is 1. The van der Waals surface area contributed by atoms with Gasteiger partial charge in [-0.25, -0.2) is 0 Å². The molecule has 0 fully saturated rings. The number of ketones is 1. The summed E-state index contributed by atoms with van der Waals surface area (Å²) in [4.78, 5) is 14.7. The zero-order chi connectivity index (χ0) is 14.1. The Hall–Kier alpha value is -0.870. The normalized spacial score (nSPS) is 15.2. The van der Waals surface area contributed by atoms with Gasteiger partial charge in [-0.05, 0) is 41.3 Å². The molecule has 1 aromatic rings. The van der Waals surface area contributed by atoms with Crippen molar-refractivity contribution in [3.05, 3.63) is 16.9 Å². The quantitative estimate of drug-likeness (QED) is 0.773. The highest BCUT2D eigenvalue weighted by atomic mass is 35.5. The molecule has 0 radical (unpaired) electrons. The van der Waals surface area contributed by atoms with Crippen LogP contribution in [0.5, 0.6) is 0 Å². The van der Waals surface area contributed by atoms with Crippen molar-refractivity contribution in [2.45, 2.75) is 45.7 Å². The Labute approximate surface area is 114 Å². The van der Waals surface area contributed by atoms with E-state index in [-0.39, 0.29) is 11.8 Å². The molecular formula is C13H22ClN3O. The summed E-state index contributed by atoms with van der Waals surface area (Å²) < 4.78 is 1.70. The van der Waals surface area contributed by atoms with E-state index in [1.807, 2.05) is 46.7 Å². The minimum atomic E-state index is -0.559. The fourth-order valence-electron chi connectivity index (χ4n) is 1.88. The van der Waals surface area contributed by atoms with E-state index >= 15 is 0 Å². The number of Topliss-reactive ketones (excluding diaryl/α,β-unsaturated/α-hetero) is 1.